The van der Waals surface area contributed by atoms with Crippen molar-refractivity contribution >= 4 is 11.8 Å². The van der Waals surface area contributed by atoms with E-state index in [1.807, 2.05) is 12.1 Å². The zero-order valence-electron chi connectivity index (χ0n) is 14.7. The lowest BCUT2D eigenvalue weighted by molar-refractivity contribution is -0.134. The van der Waals surface area contributed by atoms with E-state index in [0.29, 0.717) is 25.2 Å². The maximum absolute atomic E-state index is 12.8. The number of piperazine rings is 1. The number of hydrogen-bond acceptors (Lipinski definition) is 4. The van der Waals surface area contributed by atoms with Crippen LogP contribution in [-0.2, 0) is 11.2 Å². The number of amides is 2. The fraction of sp³-hybridized carbons (Fsp3) is 0.300. The summed E-state index contributed by atoms with van der Waals surface area (Å²) in [5.41, 5.74) is 5.58. The lowest BCUT2D eigenvalue weighted by Crippen LogP contribution is -2.59. The van der Waals surface area contributed by atoms with Gasteiger partial charge in [0.15, 0.2) is 0 Å². The predicted molar refractivity (Wildman–Crippen MR) is 98.9 cm³/mol. The minimum atomic E-state index is -0.720. The van der Waals surface area contributed by atoms with Gasteiger partial charge >= 0.3 is 0 Å². The highest BCUT2D eigenvalue weighted by Gasteiger charge is 2.32. The second kappa shape index (κ2) is 8.12. The van der Waals surface area contributed by atoms with Crippen LogP contribution in [-0.4, -0.2) is 47.6 Å². The van der Waals surface area contributed by atoms with Crippen LogP contribution >= 0.6 is 0 Å². The van der Waals surface area contributed by atoms with Crippen LogP contribution in [0, 0.1) is 0 Å². The molecule has 0 bridgehead atoms. The third-order valence-corrected chi connectivity index (χ3v) is 4.74. The van der Waals surface area contributed by atoms with E-state index in [1.54, 1.807) is 17.6 Å². The average Bonchev–Trinajstić information content (AvgIpc) is 2.73. The van der Waals surface area contributed by atoms with Crippen molar-refractivity contribution in [3.05, 3.63) is 59.7 Å². The van der Waals surface area contributed by atoms with Gasteiger partial charge in [0.2, 0.25) is 0 Å². The van der Waals surface area contributed by atoms with Crippen molar-refractivity contribution in [3.8, 4) is 11.1 Å². The van der Waals surface area contributed by atoms with Crippen molar-refractivity contribution in [2.24, 2.45) is 0 Å². The van der Waals surface area contributed by atoms with E-state index in [4.69, 9.17) is 5.21 Å². The normalized spacial score (nSPS) is 17.0. The van der Waals surface area contributed by atoms with Crippen LogP contribution in [0.25, 0.3) is 11.1 Å². The summed E-state index contributed by atoms with van der Waals surface area (Å²) in [5, 5.41) is 12.0. The van der Waals surface area contributed by atoms with E-state index in [1.165, 1.54) is 10.5 Å². The summed E-state index contributed by atoms with van der Waals surface area (Å²) in [6.07, 6.45) is 1.00. The number of carbonyl (C=O) groups is 2. The average molecular weight is 353 g/mol. The van der Waals surface area contributed by atoms with Gasteiger partial charge in [-0.25, -0.2) is 5.48 Å². The van der Waals surface area contributed by atoms with Gasteiger partial charge in [-0.05, 0) is 35.2 Å². The van der Waals surface area contributed by atoms with Crippen molar-refractivity contribution in [3.63, 3.8) is 0 Å². The number of nitrogens with zero attached hydrogens (tertiary/aromatic N) is 1. The third-order valence-electron chi connectivity index (χ3n) is 4.74. The van der Waals surface area contributed by atoms with Crippen LogP contribution in [0.2, 0.25) is 0 Å². The maximum Gasteiger partial charge on any atom is 0.267 e. The minimum absolute atomic E-state index is 0.215. The molecule has 2 aromatic carbocycles. The van der Waals surface area contributed by atoms with Gasteiger partial charge in [0.1, 0.15) is 6.04 Å². The molecule has 136 valence electrons. The van der Waals surface area contributed by atoms with E-state index >= 15 is 0 Å². The molecule has 3 N–H and O–H groups in total. The summed E-state index contributed by atoms with van der Waals surface area (Å²) >= 11 is 0. The van der Waals surface area contributed by atoms with Crippen LogP contribution in [0.3, 0.4) is 0 Å². The summed E-state index contributed by atoms with van der Waals surface area (Å²) in [6.45, 7) is 3.47. The van der Waals surface area contributed by atoms with E-state index in [-0.39, 0.29) is 5.91 Å². The Hall–Kier alpha value is -2.70. The van der Waals surface area contributed by atoms with E-state index in [0.717, 1.165) is 17.5 Å². The molecule has 1 aliphatic heterocycles. The summed E-state index contributed by atoms with van der Waals surface area (Å²) in [5.74, 6) is -0.800. The molecule has 6 heteroatoms. The molecule has 0 aliphatic carbocycles. The monoisotopic (exact) mass is 353 g/mol. The lowest BCUT2D eigenvalue weighted by Gasteiger charge is -2.34. The molecule has 0 spiro atoms. The standard InChI is InChI=1S/C20H23N3O3/c1-2-14-3-5-15(6-4-14)16-7-9-17(10-8-16)20(25)23-12-11-21-13-18(23)19(24)22-26/h3-10,18,21,26H,2,11-13H2,1H3,(H,22,24). The Bertz CT molecular complexity index is 772. The number of benzene rings is 2. The smallest absolute Gasteiger partial charge is 0.267 e. The van der Waals surface area contributed by atoms with Crippen molar-refractivity contribution in [2.75, 3.05) is 19.6 Å². The Labute approximate surface area is 152 Å². The fourth-order valence-electron chi connectivity index (χ4n) is 3.16. The van der Waals surface area contributed by atoms with Gasteiger partial charge in [0.25, 0.3) is 11.8 Å². The molecular formula is C20H23N3O3. The summed E-state index contributed by atoms with van der Waals surface area (Å²) in [4.78, 5) is 26.1. The third kappa shape index (κ3) is 3.76. The Balaban J connectivity index is 1.78. The molecule has 0 aromatic heterocycles. The number of aryl methyl sites for hydroxylation is 1. The predicted octanol–water partition coefficient (Wildman–Crippen LogP) is 1.84. The zero-order chi connectivity index (χ0) is 18.5. The van der Waals surface area contributed by atoms with Crippen LogP contribution in [0.15, 0.2) is 48.5 Å². The zero-order valence-corrected chi connectivity index (χ0v) is 14.7. The van der Waals surface area contributed by atoms with Crippen LogP contribution in [0.4, 0.5) is 0 Å². The molecule has 1 heterocycles. The number of carbonyl (C=O) groups excluding carboxylic acids is 2. The first kappa shape index (κ1) is 18.1. The molecule has 1 fully saturated rings. The SMILES string of the molecule is CCc1ccc(-c2ccc(C(=O)N3CCNCC3C(=O)NO)cc2)cc1. The highest BCUT2D eigenvalue weighted by molar-refractivity contribution is 5.98. The van der Waals surface area contributed by atoms with Gasteiger partial charge in [0, 0.05) is 25.2 Å². The minimum Gasteiger partial charge on any atom is -0.324 e. The fourth-order valence-corrected chi connectivity index (χ4v) is 3.16. The van der Waals surface area contributed by atoms with Crippen molar-refractivity contribution in [2.45, 2.75) is 19.4 Å². The van der Waals surface area contributed by atoms with Gasteiger partial charge in [-0.1, -0.05) is 43.3 Å². The number of hydrogen-bond donors (Lipinski definition) is 3. The molecule has 1 unspecified atom stereocenters. The number of hydroxylamine groups is 1. The Kier molecular flexibility index (Phi) is 5.65. The summed E-state index contributed by atoms with van der Waals surface area (Å²) in [7, 11) is 0. The topological polar surface area (TPSA) is 81.7 Å². The van der Waals surface area contributed by atoms with Gasteiger partial charge in [0.05, 0.1) is 0 Å². The van der Waals surface area contributed by atoms with Crippen molar-refractivity contribution < 1.29 is 14.8 Å². The van der Waals surface area contributed by atoms with Crippen molar-refractivity contribution in [1.82, 2.24) is 15.7 Å². The molecule has 0 radical (unpaired) electrons. The Morgan fingerprint density at radius 2 is 1.73 bits per heavy atom. The van der Waals surface area contributed by atoms with Gasteiger partial charge < -0.3 is 10.2 Å². The van der Waals surface area contributed by atoms with E-state index < -0.39 is 11.9 Å². The van der Waals surface area contributed by atoms with Gasteiger partial charge in [-0.15, -0.1) is 0 Å². The van der Waals surface area contributed by atoms with Crippen LogP contribution < -0.4 is 10.8 Å². The molecule has 2 amide bonds. The largest absolute Gasteiger partial charge is 0.324 e. The molecular weight excluding hydrogens is 330 g/mol. The van der Waals surface area contributed by atoms with Crippen LogP contribution in [0.1, 0.15) is 22.8 Å². The molecule has 26 heavy (non-hydrogen) atoms. The highest BCUT2D eigenvalue weighted by Crippen LogP contribution is 2.21. The molecule has 3 rings (SSSR count). The molecule has 0 saturated carbocycles. The second-order valence-electron chi connectivity index (χ2n) is 6.32. The van der Waals surface area contributed by atoms with Crippen LogP contribution in [0.5, 0.6) is 0 Å². The first-order valence-corrected chi connectivity index (χ1v) is 8.79. The van der Waals surface area contributed by atoms with E-state index in [9.17, 15) is 9.59 Å². The first-order chi connectivity index (χ1) is 12.6. The second-order valence-corrected chi connectivity index (χ2v) is 6.32. The Morgan fingerprint density at radius 1 is 1.12 bits per heavy atom. The molecule has 1 aliphatic rings. The summed E-state index contributed by atoms with van der Waals surface area (Å²) in [6, 6.07) is 15.0. The molecule has 1 atom stereocenters. The van der Waals surface area contributed by atoms with Gasteiger partial charge in [-0.2, -0.15) is 0 Å². The first-order valence-electron chi connectivity index (χ1n) is 8.79. The quantitative estimate of drug-likeness (QED) is 0.579. The number of rotatable bonds is 4. The van der Waals surface area contributed by atoms with Gasteiger partial charge in [-0.3, -0.25) is 14.8 Å². The van der Waals surface area contributed by atoms with Crippen molar-refractivity contribution in [1.29, 1.82) is 0 Å². The highest BCUT2D eigenvalue weighted by atomic mass is 16.5. The lowest BCUT2D eigenvalue weighted by atomic mass is 10.0. The molecule has 1 saturated heterocycles. The Morgan fingerprint density at radius 3 is 2.31 bits per heavy atom. The summed E-state index contributed by atoms with van der Waals surface area (Å²) < 4.78 is 0. The molecule has 2 aromatic rings. The van der Waals surface area contributed by atoms with E-state index in [2.05, 4.69) is 36.5 Å². The molecule has 6 nitrogen and oxygen atoms in total. The maximum atomic E-state index is 12.8. The number of nitrogens with one attached hydrogen (secondary N) is 2.